The molecule has 0 amide bonds. The summed E-state index contributed by atoms with van der Waals surface area (Å²) < 4.78 is 26.4. The Morgan fingerprint density at radius 3 is 2.67 bits per heavy atom. The van der Waals surface area contributed by atoms with Gasteiger partial charge in [0.1, 0.15) is 0 Å². The van der Waals surface area contributed by atoms with Crippen molar-refractivity contribution >= 4 is 27.3 Å². The fraction of sp³-hybridized carbons (Fsp3) is 0.300. The number of hydrogen-bond donors (Lipinski definition) is 1. The fourth-order valence-electron chi connectivity index (χ4n) is 1.36. The number of halogens is 2. The minimum absolute atomic E-state index is 0.0847. The molecule has 0 aliphatic carbocycles. The number of aromatic amines is 1. The zero-order chi connectivity index (χ0) is 11.2. The van der Waals surface area contributed by atoms with Crippen LogP contribution in [-0.4, -0.2) is 10.8 Å². The molecular weight excluding hydrogens is 220 g/mol. The van der Waals surface area contributed by atoms with Crippen LogP contribution >= 0.6 is 11.3 Å². The molecule has 0 radical (unpaired) electrons. The second kappa shape index (κ2) is 3.41. The van der Waals surface area contributed by atoms with Crippen molar-refractivity contribution in [3.63, 3.8) is 0 Å². The number of Topliss-reactive ketones (excluding diaryl/α,β-unsaturated/α-hetero) is 1. The van der Waals surface area contributed by atoms with Gasteiger partial charge in [-0.15, -0.1) is 11.3 Å². The lowest BCUT2D eigenvalue weighted by atomic mass is 10.1. The Balaban J connectivity index is 2.53. The molecule has 0 bridgehead atoms. The normalized spacial score (nSPS) is 11.5. The van der Waals surface area contributed by atoms with Gasteiger partial charge < -0.3 is 4.98 Å². The Hall–Kier alpha value is -1.23. The number of carbonyl (C=O) groups excluding carboxylic acids is 1. The van der Waals surface area contributed by atoms with E-state index in [9.17, 15) is 13.6 Å². The fourth-order valence-corrected chi connectivity index (χ4v) is 2.17. The molecule has 2 heterocycles. The lowest BCUT2D eigenvalue weighted by Gasteiger charge is -1.99. The summed E-state index contributed by atoms with van der Waals surface area (Å²) in [6.07, 6.45) is 0. The number of hydrogen-bond acceptors (Lipinski definition) is 2. The standard InChI is InChI=1S/C10H9F2NOS/c1-4(2)9(14)5-3-6-8(13-5)7(11)10(12)15-6/h3-4,13H,1-2H3. The highest BCUT2D eigenvalue weighted by Gasteiger charge is 2.18. The average molecular weight is 229 g/mol. The maximum absolute atomic E-state index is 13.1. The van der Waals surface area contributed by atoms with Gasteiger partial charge in [0.05, 0.1) is 15.9 Å². The molecule has 2 aromatic rings. The van der Waals surface area contributed by atoms with E-state index in [0.29, 0.717) is 21.7 Å². The summed E-state index contributed by atoms with van der Waals surface area (Å²) in [5.41, 5.74) is 0.423. The molecule has 1 N–H and O–H groups in total. The third kappa shape index (κ3) is 1.56. The van der Waals surface area contributed by atoms with Crippen molar-refractivity contribution in [3.05, 3.63) is 22.7 Å². The van der Waals surface area contributed by atoms with E-state index in [4.69, 9.17) is 0 Å². The number of H-pyrrole nitrogens is 1. The van der Waals surface area contributed by atoms with Crippen LogP contribution in [0, 0.1) is 16.9 Å². The maximum Gasteiger partial charge on any atom is 0.215 e. The van der Waals surface area contributed by atoms with Crippen LogP contribution in [0.25, 0.3) is 10.2 Å². The number of thiophene rings is 1. The first kappa shape index (κ1) is 10.3. The van der Waals surface area contributed by atoms with Crippen molar-refractivity contribution in [2.75, 3.05) is 0 Å². The number of fused-ring (bicyclic) bond motifs is 1. The van der Waals surface area contributed by atoms with E-state index in [1.165, 1.54) is 6.07 Å². The summed E-state index contributed by atoms with van der Waals surface area (Å²) in [5.74, 6) is -1.17. The number of carbonyl (C=O) groups is 1. The highest BCUT2D eigenvalue weighted by molar-refractivity contribution is 7.17. The van der Waals surface area contributed by atoms with Crippen LogP contribution in [0.15, 0.2) is 6.07 Å². The topological polar surface area (TPSA) is 32.9 Å². The molecule has 2 rings (SSSR count). The summed E-state index contributed by atoms with van der Waals surface area (Å²) in [6.45, 7) is 3.52. The van der Waals surface area contributed by atoms with Gasteiger partial charge in [0.25, 0.3) is 0 Å². The molecule has 15 heavy (non-hydrogen) atoms. The summed E-state index contributed by atoms with van der Waals surface area (Å²) >= 11 is 0.704. The average Bonchev–Trinajstić information content (AvgIpc) is 2.67. The predicted molar refractivity (Wildman–Crippen MR) is 55.3 cm³/mol. The van der Waals surface area contributed by atoms with E-state index in [-0.39, 0.29) is 17.2 Å². The van der Waals surface area contributed by atoms with Gasteiger partial charge in [-0.2, -0.15) is 4.39 Å². The smallest absolute Gasteiger partial charge is 0.215 e. The van der Waals surface area contributed by atoms with Crippen molar-refractivity contribution in [1.82, 2.24) is 4.98 Å². The summed E-state index contributed by atoms with van der Waals surface area (Å²) in [5, 5.41) is -0.847. The summed E-state index contributed by atoms with van der Waals surface area (Å²) in [6, 6.07) is 1.49. The van der Waals surface area contributed by atoms with E-state index in [1.807, 2.05) is 0 Å². The van der Waals surface area contributed by atoms with Crippen molar-refractivity contribution < 1.29 is 13.6 Å². The molecule has 0 spiro atoms. The van der Waals surface area contributed by atoms with Gasteiger partial charge in [0.15, 0.2) is 11.6 Å². The van der Waals surface area contributed by atoms with Crippen LogP contribution in [0.5, 0.6) is 0 Å². The van der Waals surface area contributed by atoms with Crippen LogP contribution in [0.4, 0.5) is 8.78 Å². The lowest BCUT2D eigenvalue weighted by Crippen LogP contribution is -2.07. The van der Waals surface area contributed by atoms with E-state index >= 15 is 0 Å². The van der Waals surface area contributed by atoms with Gasteiger partial charge in [-0.05, 0) is 6.07 Å². The van der Waals surface area contributed by atoms with Crippen LogP contribution in [0.2, 0.25) is 0 Å². The zero-order valence-corrected chi connectivity index (χ0v) is 9.04. The molecule has 0 saturated heterocycles. The van der Waals surface area contributed by atoms with Crippen molar-refractivity contribution in [3.8, 4) is 0 Å². The summed E-state index contributed by atoms with van der Waals surface area (Å²) in [7, 11) is 0. The van der Waals surface area contributed by atoms with Crippen LogP contribution in [0.1, 0.15) is 24.3 Å². The number of ketones is 1. The van der Waals surface area contributed by atoms with Crippen LogP contribution in [-0.2, 0) is 0 Å². The first-order valence-electron chi connectivity index (χ1n) is 4.51. The monoisotopic (exact) mass is 229 g/mol. The third-order valence-corrected chi connectivity index (χ3v) is 3.06. The van der Waals surface area contributed by atoms with Gasteiger partial charge in [-0.25, -0.2) is 4.39 Å². The third-order valence-electron chi connectivity index (χ3n) is 2.16. The SMILES string of the molecule is CC(C)C(=O)c1cc2sc(F)c(F)c2[nH]1. The largest absolute Gasteiger partial charge is 0.349 e. The molecule has 2 nitrogen and oxygen atoms in total. The minimum atomic E-state index is -0.905. The highest BCUT2D eigenvalue weighted by atomic mass is 32.1. The molecule has 0 unspecified atom stereocenters. The zero-order valence-electron chi connectivity index (χ0n) is 8.23. The Morgan fingerprint density at radius 1 is 1.47 bits per heavy atom. The maximum atomic E-state index is 13.1. The van der Waals surface area contributed by atoms with E-state index < -0.39 is 10.9 Å². The molecular formula is C10H9F2NOS. The van der Waals surface area contributed by atoms with Crippen molar-refractivity contribution in [1.29, 1.82) is 0 Å². The Labute approximate surface area is 88.9 Å². The van der Waals surface area contributed by atoms with Gasteiger partial charge in [-0.1, -0.05) is 13.8 Å². The second-order valence-corrected chi connectivity index (χ2v) is 4.63. The molecule has 0 fully saturated rings. The first-order chi connectivity index (χ1) is 7.00. The molecule has 2 aromatic heterocycles. The van der Waals surface area contributed by atoms with Gasteiger partial charge in [0, 0.05) is 5.92 Å². The van der Waals surface area contributed by atoms with Gasteiger partial charge in [-0.3, -0.25) is 4.79 Å². The second-order valence-electron chi connectivity index (χ2n) is 3.63. The van der Waals surface area contributed by atoms with E-state index in [0.717, 1.165) is 0 Å². The van der Waals surface area contributed by atoms with Crippen LogP contribution in [0.3, 0.4) is 0 Å². The highest BCUT2D eigenvalue weighted by Crippen LogP contribution is 2.29. The molecule has 0 aliphatic rings. The van der Waals surface area contributed by atoms with E-state index in [2.05, 4.69) is 4.98 Å². The van der Waals surface area contributed by atoms with Gasteiger partial charge in [0.2, 0.25) is 5.13 Å². The number of aromatic nitrogens is 1. The molecule has 80 valence electrons. The Bertz CT molecular complexity index is 527. The van der Waals surface area contributed by atoms with E-state index in [1.54, 1.807) is 13.8 Å². The molecule has 0 atom stereocenters. The molecule has 0 aromatic carbocycles. The molecule has 5 heteroatoms. The molecule has 0 saturated carbocycles. The van der Waals surface area contributed by atoms with Crippen molar-refractivity contribution in [2.24, 2.45) is 5.92 Å². The quantitative estimate of drug-likeness (QED) is 0.787. The summed E-state index contributed by atoms with van der Waals surface area (Å²) in [4.78, 5) is 14.2. The van der Waals surface area contributed by atoms with Gasteiger partial charge >= 0.3 is 0 Å². The lowest BCUT2D eigenvalue weighted by molar-refractivity contribution is 0.0935. The van der Waals surface area contributed by atoms with Crippen LogP contribution < -0.4 is 0 Å². The van der Waals surface area contributed by atoms with Crippen molar-refractivity contribution in [2.45, 2.75) is 13.8 Å². The Kier molecular flexibility index (Phi) is 2.34. The minimum Gasteiger partial charge on any atom is -0.349 e. The predicted octanol–water partition coefficient (Wildman–Crippen LogP) is 3.35. The Morgan fingerprint density at radius 2 is 2.13 bits per heavy atom. The number of rotatable bonds is 2. The number of nitrogens with one attached hydrogen (secondary N) is 1. The first-order valence-corrected chi connectivity index (χ1v) is 5.33. The molecule has 0 aliphatic heterocycles.